The summed E-state index contributed by atoms with van der Waals surface area (Å²) in [6.07, 6.45) is 2.05. The fraction of sp³-hybridized carbons (Fsp3) is 0.800. The molecule has 3 N–H and O–H groups in total. The van der Waals surface area contributed by atoms with Gasteiger partial charge in [0.1, 0.15) is 12.1 Å². The highest BCUT2D eigenvalue weighted by molar-refractivity contribution is 6.09. The molecule has 2 heterocycles. The van der Waals surface area contributed by atoms with E-state index in [0.717, 1.165) is 24.4 Å². The lowest BCUT2D eigenvalue weighted by Gasteiger charge is -2.30. The van der Waals surface area contributed by atoms with E-state index >= 15 is 0 Å². The van der Waals surface area contributed by atoms with Crippen molar-refractivity contribution in [1.29, 1.82) is 0 Å². The highest BCUT2D eigenvalue weighted by atomic mass is 35.5. The van der Waals surface area contributed by atoms with Crippen LogP contribution in [0.2, 0.25) is 0 Å². The molecule has 0 aromatic carbocycles. The molecule has 2 saturated heterocycles. The third-order valence-corrected chi connectivity index (χ3v) is 4.93. The van der Waals surface area contributed by atoms with Crippen molar-refractivity contribution in [2.45, 2.75) is 51.6 Å². The van der Waals surface area contributed by atoms with Gasteiger partial charge in [0.2, 0.25) is 5.91 Å². The molecule has 2 fully saturated rings. The molecule has 0 spiro atoms. The zero-order chi connectivity index (χ0) is 16.3. The van der Waals surface area contributed by atoms with Crippen LogP contribution in [0.1, 0.15) is 40.0 Å². The Morgan fingerprint density at radius 1 is 1.35 bits per heavy atom. The fourth-order valence-electron chi connectivity index (χ4n) is 3.13. The number of carbonyl (C=O) groups is 3. The van der Waals surface area contributed by atoms with Gasteiger partial charge in [0.05, 0.1) is 0 Å². The second-order valence-corrected chi connectivity index (χ2v) is 6.25. The summed E-state index contributed by atoms with van der Waals surface area (Å²) in [5.74, 6) is -0.196. The standard InChI is InChI=1S/C15H26N4O3.ClH/c1-4-15(5-2)13(21)19(14(22)18-15)9-12(20)17-11-8-16-7-6-10(11)3;/h10-11,16H,4-9H2,1-3H3,(H,17,20)(H,18,22);1H. The summed E-state index contributed by atoms with van der Waals surface area (Å²) in [5, 5.41) is 8.89. The van der Waals surface area contributed by atoms with E-state index in [0.29, 0.717) is 18.8 Å². The number of carbonyl (C=O) groups excluding carboxylic acids is 3. The summed E-state index contributed by atoms with van der Waals surface area (Å²) in [7, 11) is 0. The summed E-state index contributed by atoms with van der Waals surface area (Å²) in [6.45, 7) is 7.28. The maximum absolute atomic E-state index is 12.4. The van der Waals surface area contributed by atoms with E-state index in [1.54, 1.807) is 0 Å². The Balaban J connectivity index is 0.00000264. The Labute approximate surface area is 143 Å². The molecule has 0 radical (unpaired) electrons. The molecule has 0 saturated carbocycles. The number of imide groups is 1. The van der Waals surface area contributed by atoms with E-state index < -0.39 is 11.6 Å². The van der Waals surface area contributed by atoms with Crippen LogP contribution in [-0.2, 0) is 9.59 Å². The molecule has 0 bridgehead atoms. The average molecular weight is 347 g/mol. The number of nitrogens with one attached hydrogen (secondary N) is 3. The Kier molecular flexibility index (Phi) is 6.83. The van der Waals surface area contributed by atoms with Crippen LogP contribution >= 0.6 is 12.4 Å². The molecule has 7 nitrogen and oxygen atoms in total. The average Bonchev–Trinajstić information content (AvgIpc) is 2.74. The summed E-state index contributed by atoms with van der Waals surface area (Å²) >= 11 is 0. The van der Waals surface area contributed by atoms with Crippen LogP contribution in [0.3, 0.4) is 0 Å². The number of urea groups is 1. The van der Waals surface area contributed by atoms with Gasteiger partial charge in [0.15, 0.2) is 0 Å². The van der Waals surface area contributed by atoms with Gasteiger partial charge in [0, 0.05) is 12.6 Å². The molecular weight excluding hydrogens is 320 g/mol. The van der Waals surface area contributed by atoms with E-state index in [2.05, 4.69) is 22.9 Å². The van der Waals surface area contributed by atoms with Crippen molar-refractivity contribution in [3.8, 4) is 0 Å². The van der Waals surface area contributed by atoms with Gasteiger partial charge in [-0.2, -0.15) is 0 Å². The molecule has 8 heteroatoms. The molecule has 2 aliphatic rings. The predicted octanol–water partition coefficient (Wildman–Crippen LogP) is 0.633. The predicted molar refractivity (Wildman–Crippen MR) is 89.4 cm³/mol. The van der Waals surface area contributed by atoms with Crippen molar-refractivity contribution in [3.63, 3.8) is 0 Å². The zero-order valence-electron chi connectivity index (χ0n) is 14.0. The Bertz CT molecular complexity index is 468. The Morgan fingerprint density at radius 3 is 2.52 bits per heavy atom. The summed E-state index contributed by atoms with van der Waals surface area (Å²) in [6, 6.07) is -0.428. The van der Waals surface area contributed by atoms with Crippen molar-refractivity contribution in [2.75, 3.05) is 19.6 Å². The van der Waals surface area contributed by atoms with Crippen LogP contribution in [-0.4, -0.2) is 54.0 Å². The van der Waals surface area contributed by atoms with Crippen LogP contribution in [0.15, 0.2) is 0 Å². The van der Waals surface area contributed by atoms with Gasteiger partial charge in [-0.15, -0.1) is 12.4 Å². The van der Waals surface area contributed by atoms with Crippen LogP contribution in [0.4, 0.5) is 4.79 Å². The van der Waals surface area contributed by atoms with Crippen LogP contribution < -0.4 is 16.0 Å². The maximum Gasteiger partial charge on any atom is 0.325 e. The number of halogens is 1. The summed E-state index contributed by atoms with van der Waals surface area (Å²) < 4.78 is 0. The molecule has 132 valence electrons. The first-order valence-corrected chi connectivity index (χ1v) is 8.07. The van der Waals surface area contributed by atoms with Crippen molar-refractivity contribution in [2.24, 2.45) is 5.92 Å². The smallest absolute Gasteiger partial charge is 0.325 e. The maximum atomic E-state index is 12.4. The molecule has 0 aliphatic carbocycles. The van der Waals surface area contributed by atoms with Crippen molar-refractivity contribution < 1.29 is 14.4 Å². The second kappa shape index (κ2) is 7.97. The van der Waals surface area contributed by atoms with E-state index in [9.17, 15) is 14.4 Å². The normalized spacial score (nSPS) is 26.5. The first kappa shape index (κ1) is 19.7. The molecule has 2 atom stereocenters. The van der Waals surface area contributed by atoms with Gasteiger partial charge in [-0.1, -0.05) is 20.8 Å². The molecule has 0 aromatic heterocycles. The molecule has 2 rings (SSSR count). The second-order valence-electron chi connectivity index (χ2n) is 6.25. The van der Waals surface area contributed by atoms with E-state index in [1.165, 1.54) is 0 Å². The number of hydrogen-bond donors (Lipinski definition) is 3. The molecule has 0 aromatic rings. The lowest BCUT2D eigenvalue weighted by molar-refractivity contribution is -0.135. The van der Waals surface area contributed by atoms with Gasteiger partial charge in [-0.25, -0.2) is 4.79 Å². The van der Waals surface area contributed by atoms with Gasteiger partial charge in [-0.05, 0) is 31.7 Å². The minimum absolute atomic E-state index is 0. The van der Waals surface area contributed by atoms with Gasteiger partial charge in [-0.3, -0.25) is 14.5 Å². The molecular formula is C15H27ClN4O3. The number of piperidine rings is 1. The van der Waals surface area contributed by atoms with Crippen molar-refractivity contribution >= 4 is 30.3 Å². The molecule has 23 heavy (non-hydrogen) atoms. The first-order valence-electron chi connectivity index (χ1n) is 8.07. The van der Waals surface area contributed by atoms with E-state index in [4.69, 9.17) is 0 Å². The number of amides is 4. The monoisotopic (exact) mass is 346 g/mol. The van der Waals surface area contributed by atoms with Gasteiger partial charge >= 0.3 is 6.03 Å². The summed E-state index contributed by atoms with van der Waals surface area (Å²) in [4.78, 5) is 37.7. The lowest BCUT2D eigenvalue weighted by Crippen LogP contribution is -2.53. The van der Waals surface area contributed by atoms with Crippen molar-refractivity contribution in [3.05, 3.63) is 0 Å². The Morgan fingerprint density at radius 2 is 2.00 bits per heavy atom. The van der Waals surface area contributed by atoms with Crippen LogP contribution in [0, 0.1) is 5.92 Å². The van der Waals surface area contributed by atoms with Crippen LogP contribution in [0.5, 0.6) is 0 Å². The Hall–Kier alpha value is -1.34. The number of nitrogens with zero attached hydrogens (tertiary/aromatic N) is 1. The zero-order valence-corrected chi connectivity index (χ0v) is 14.8. The van der Waals surface area contributed by atoms with E-state index in [-0.39, 0.29) is 36.8 Å². The first-order chi connectivity index (χ1) is 10.4. The van der Waals surface area contributed by atoms with E-state index in [1.807, 2.05) is 13.8 Å². The minimum atomic E-state index is -0.850. The quantitative estimate of drug-likeness (QED) is 0.637. The van der Waals surface area contributed by atoms with Crippen LogP contribution in [0.25, 0.3) is 0 Å². The van der Waals surface area contributed by atoms with Crippen molar-refractivity contribution in [1.82, 2.24) is 20.9 Å². The highest BCUT2D eigenvalue weighted by Gasteiger charge is 2.49. The highest BCUT2D eigenvalue weighted by Crippen LogP contribution is 2.24. The number of rotatable bonds is 5. The molecule has 4 amide bonds. The summed E-state index contributed by atoms with van der Waals surface area (Å²) in [5.41, 5.74) is -0.850. The fourth-order valence-corrected chi connectivity index (χ4v) is 3.13. The largest absolute Gasteiger partial charge is 0.350 e. The molecule has 2 unspecified atom stereocenters. The minimum Gasteiger partial charge on any atom is -0.350 e. The van der Waals surface area contributed by atoms with Gasteiger partial charge in [0.25, 0.3) is 5.91 Å². The number of hydrogen-bond acceptors (Lipinski definition) is 4. The van der Waals surface area contributed by atoms with Gasteiger partial charge < -0.3 is 16.0 Å². The SMILES string of the molecule is CCC1(CC)NC(=O)N(CC(=O)NC2CNCCC2C)C1=O.Cl. The topological polar surface area (TPSA) is 90.5 Å². The third-order valence-electron chi connectivity index (χ3n) is 4.93. The third kappa shape index (κ3) is 3.95. The lowest BCUT2D eigenvalue weighted by atomic mass is 9.93. The molecule has 2 aliphatic heterocycles.